The fourth-order valence-corrected chi connectivity index (χ4v) is 3.07. The number of carboxylic acid groups (broad SMARTS) is 1. The first-order chi connectivity index (χ1) is 10.7. The molecule has 0 saturated carbocycles. The molecule has 0 unspecified atom stereocenters. The van der Waals surface area contributed by atoms with Crippen molar-refractivity contribution < 1.29 is 27.8 Å². The van der Waals surface area contributed by atoms with Crippen LogP contribution in [0.25, 0.3) is 0 Å². The van der Waals surface area contributed by atoms with Crippen LogP contribution in [0.1, 0.15) is 15.2 Å². The lowest BCUT2D eigenvalue weighted by Crippen LogP contribution is -2.19. The minimum absolute atomic E-state index is 0.105. The molecule has 0 radical (unpaired) electrons. The maximum atomic E-state index is 12.5. The maximum absolute atomic E-state index is 12.5. The van der Waals surface area contributed by atoms with E-state index in [1.165, 1.54) is 6.20 Å². The van der Waals surface area contributed by atoms with Crippen molar-refractivity contribution in [2.75, 3.05) is 5.32 Å². The normalized spacial score (nSPS) is 11.3. The smallest absolute Gasteiger partial charge is 0.478 e. The topological polar surface area (TPSA) is 71.5 Å². The van der Waals surface area contributed by atoms with Crippen LogP contribution in [0.15, 0.2) is 22.8 Å². The molecule has 1 aromatic heterocycles. The molecule has 23 heavy (non-hydrogen) atoms. The zero-order chi connectivity index (χ0) is 17.2. The molecule has 0 fully saturated rings. The Bertz CT molecular complexity index is 739. The Balaban J connectivity index is 2.34. The van der Waals surface area contributed by atoms with Crippen LogP contribution >= 0.6 is 38.9 Å². The number of aromatic nitrogens is 1. The van der Waals surface area contributed by atoms with Gasteiger partial charge in [0.25, 0.3) is 0 Å². The van der Waals surface area contributed by atoms with Crippen LogP contribution in [0, 0.1) is 0 Å². The number of anilines is 1. The highest BCUT2D eigenvalue weighted by Gasteiger charge is 2.33. The van der Waals surface area contributed by atoms with Gasteiger partial charge in [-0.25, -0.2) is 9.78 Å². The number of aromatic carboxylic acids is 1. The van der Waals surface area contributed by atoms with E-state index in [0.29, 0.717) is 4.88 Å². The average molecular weight is 432 g/mol. The molecule has 1 aromatic carbocycles. The van der Waals surface area contributed by atoms with Crippen LogP contribution < -0.4 is 10.1 Å². The standard InChI is InChI=1S/C12H7BrClF3N2O3S/c13-7-1-5(10(20)21)2-8(9(7)22-12(15,16)17)18-3-6-4-19-11(14)23-6/h1-2,4,18H,3H2,(H,20,21). The van der Waals surface area contributed by atoms with Gasteiger partial charge in [0.15, 0.2) is 10.2 Å². The number of rotatable bonds is 5. The summed E-state index contributed by atoms with van der Waals surface area (Å²) in [5.41, 5.74) is -0.324. The Morgan fingerprint density at radius 1 is 1.48 bits per heavy atom. The minimum atomic E-state index is -4.92. The number of benzene rings is 1. The highest BCUT2D eigenvalue weighted by Crippen LogP contribution is 2.39. The molecule has 11 heteroatoms. The van der Waals surface area contributed by atoms with Gasteiger partial charge < -0.3 is 15.2 Å². The highest BCUT2D eigenvalue weighted by molar-refractivity contribution is 9.10. The second kappa shape index (κ2) is 6.93. The summed E-state index contributed by atoms with van der Waals surface area (Å²) < 4.78 is 41.6. The Morgan fingerprint density at radius 2 is 2.17 bits per heavy atom. The average Bonchev–Trinajstić information content (AvgIpc) is 2.83. The molecule has 5 nitrogen and oxygen atoms in total. The number of carbonyl (C=O) groups is 1. The molecule has 0 spiro atoms. The van der Waals surface area contributed by atoms with Gasteiger partial charge in [-0.05, 0) is 28.1 Å². The third-order valence-corrected chi connectivity index (χ3v) is 4.19. The molecule has 0 atom stereocenters. The summed E-state index contributed by atoms with van der Waals surface area (Å²) in [7, 11) is 0. The molecule has 0 aliphatic heterocycles. The van der Waals surface area contributed by atoms with Gasteiger partial charge in [-0.1, -0.05) is 11.6 Å². The number of hydrogen-bond donors (Lipinski definition) is 2. The lowest BCUT2D eigenvalue weighted by Gasteiger charge is -2.16. The first kappa shape index (κ1) is 17.8. The Kier molecular flexibility index (Phi) is 5.37. The van der Waals surface area contributed by atoms with E-state index in [-0.39, 0.29) is 26.7 Å². The van der Waals surface area contributed by atoms with Crippen LogP contribution in [-0.2, 0) is 6.54 Å². The number of alkyl halides is 3. The molecule has 0 bridgehead atoms. The summed E-state index contributed by atoms with van der Waals surface area (Å²) in [6.45, 7) is 0.105. The van der Waals surface area contributed by atoms with Crippen LogP contribution in [-0.4, -0.2) is 22.4 Å². The maximum Gasteiger partial charge on any atom is 0.573 e. The number of hydrogen-bond acceptors (Lipinski definition) is 5. The van der Waals surface area contributed by atoms with E-state index in [0.717, 1.165) is 23.5 Å². The van der Waals surface area contributed by atoms with Crippen LogP contribution in [0.4, 0.5) is 18.9 Å². The fourth-order valence-electron chi connectivity index (χ4n) is 1.62. The number of carboxylic acids is 1. The van der Waals surface area contributed by atoms with E-state index in [1.54, 1.807) is 0 Å². The van der Waals surface area contributed by atoms with Gasteiger partial charge in [0.05, 0.1) is 22.3 Å². The fraction of sp³-hybridized carbons (Fsp3) is 0.167. The molecule has 0 aliphatic carbocycles. The minimum Gasteiger partial charge on any atom is -0.478 e. The molecule has 2 rings (SSSR count). The van der Waals surface area contributed by atoms with Crippen LogP contribution in [0.3, 0.4) is 0 Å². The molecule has 2 aromatic rings. The van der Waals surface area contributed by atoms with Crippen molar-refractivity contribution in [3.8, 4) is 5.75 Å². The highest BCUT2D eigenvalue weighted by atomic mass is 79.9. The van der Waals surface area contributed by atoms with Gasteiger partial charge >= 0.3 is 12.3 Å². The Hall–Kier alpha value is -1.52. The summed E-state index contributed by atoms with van der Waals surface area (Å²) in [4.78, 5) is 15.5. The van der Waals surface area contributed by atoms with Crippen molar-refractivity contribution >= 4 is 50.5 Å². The van der Waals surface area contributed by atoms with Gasteiger partial charge in [-0.2, -0.15) is 0 Å². The lowest BCUT2D eigenvalue weighted by atomic mass is 10.2. The van der Waals surface area contributed by atoms with Crippen molar-refractivity contribution in [3.05, 3.63) is 37.7 Å². The van der Waals surface area contributed by atoms with Gasteiger partial charge in [-0.15, -0.1) is 24.5 Å². The second-order valence-electron chi connectivity index (χ2n) is 4.12. The predicted molar refractivity (Wildman–Crippen MR) is 82.2 cm³/mol. The van der Waals surface area contributed by atoms with Crippen LogP contribution in [0.2, 0.25) is 4.47 Å². The molecular weight excluding hydrogens is 425 g/mol. The second-order valence-corrected chi connectivity index (χ2v) is 6.67. The monoisotopic (exact) mass is 430 g/mol. The van der Waals surface area contributed by atoms with Crippen LogP contribution in [0.5, 0.6) is 5.75 Å². The van der Waals surface area contributed by atoms with E-state index < -0.39 is 18.1 Å². The van der Waals surface area contributed by atoms with Gasteiger partial charge in [0.2, 0.25) is 0 Å². The third-order valence-electron chi connectivity index (χ3n) is 2.49. The third kappa shape index (κ3) is 4.98. The number of thiazole rings is 1. The summed E-state index contributed by atoms with van der Waals surface area (Å²) in [5, 5.41) is 11.7. The summed E-state index contributed by atoms with van der Waals surface area (Å²) in [6, 6.07) is 2.08. The lowest BCUT2D eigenvalue weighted by molar-refractivity contribution is -0.274. The first-order valence-corrected chi connectivity index (χ1v) is 7.81. The van der Waals surface area contributed by atoms with Crippen molar-refractivity contribution in [2.24, 2.45) is 0 Å². The molecule has 0 amide bonds. The largest absolute Gasteiger partial charge is 0.573 e. The van der Waals surface area contributed by atoms with E-state index >= 15 is 0 Å². The number of nitrogens with zero attached hydrogens (tertiary/aromatic N) is 1. The quantitative estimate of drug-likeness (QED) is 0.714. The van der Waals surface area contributed by atoms with Gasteiger partial charge in [-0.3, -0.25) is 0 Å². The van der Waals surface area contributed by atoms with E-state index in [9.17, 15) is 18.0 Å². The zero-order valence-electron chi connectivity index (χ0n) is 10.9. The van der Waals surface area contributed by atoms with E-state index in [1.807, 2.05) is 0 Å². The summed E-state index contributed by atoms with van der Waals surface area (Å²) in [6.07, 6.45) is -3.46. The summed E-state index contributed by atoms with van der Waals surface area (Å²) >= 11 is 9.71. The van der Waals surface area contributed by atoms with Crippen molar-refractivity contribution in [1.82, 2.24) is 4.98 Å². The summed E-state index contributed by atoms with van der Waals surface area (Å²) in [5.74, 6) is -1.84. The molecular formula is C12H7BrClF3N2O3S. The van der Waals surface area contributed by atoms with Crippen molar-refractivity contribution in [2.45, 2.75) is 12.9 Å². The Morgan fingerprint density at radius 3 is 2.70 bits per heavy atom. The predicted octanol–water partition coefficient (Wildman–Crippen LogP) is 4.77. The van der Waals surface area contributed by atoms with Gasteiger partial charge in [0.1, 0.15) is 0 Å². The van der Waals surface area contributed by atoms with E-state index in [4.69, 9.17) is 16.7 Å². The number of nitrogens with one attached hydrogen (secondary N) is 1. The molecule has 2 N–H and O–H groups in total. The van der Waals surface area contributed by atoms with Crippen molar-refractivity contribution in [3.63, 3.8) is 0 Å². The number of halogens is 5. The molecule has 124 valence electrons. The Labute approximate surface area is 145 Å². The molecule has 0 aliphatic rings. The van der Waals surface area contributed by atoms with Gasteiger partial charge in [0, 0.05) is 11.1 Å². The van der Waals surface area contributed by atoms with Crippen molar-refractivity contribution in [1.29, 1.82) is 0 Å². The first-order valence-electron chi connectivity index (χ1n) is 5.82. The number of ether oxygens (including phenoxy) is 1. The van der Waals surface area contributed by atoms with E-state index in [2.05, 4.69) is 31.0 Å². The zero-order valence-corrected chi connectivity index (χ0v) is 14.1. The SMILES string of the molecule is O=C(O)c1cc(Br)c(OC(F)(F)F)c(NCc2cnc(Cl)s2)c1. The molecule has 1 heterocycles. The molecule has 0 saturated heterocycles.